The Balaban J connectivity index is 2.69. The summed E-state index contributed by atoms with van der Waals surface area (Å²) < 4.78 is 1.45. The topological polar surface area (TPSA) is 38.1 Å². The first-order chi connectivity index (χ1) is 9.86. The van der Waals surface area contributed by atoms with Crippen molar-refractivity contribution in [3.05, 3.63) is 58.3 Å². The van der Waals surface area contributed by atoms with E-state index >= 15 is 0 Å². The van der Waals surface area contributed by atoms with Crippen molar-refractivity contribution in [3.63, 3.8) is 0 Å². The number of nitrogens with zero attached hydrogens (tertiary/aromatic N) is 3. The van der Waals surface area contributed by atoms with Crippen molar-refractivity contribution in [2.45, 2.75) is 27.7 Å². The third-order valence-electron chi connectivity index (χ3n) is 3.20. The molecular formula is C16H19N3OS. The molecule has 0 bridgehead atoms. The van der Waals surface area contributed by atoms with Gasteiger partial charge in [0, 0.05) is 16.3 Å². The van der Waals surface area contributed by atoms with E-state index in [0.29, 0.717) is 16.8 Å². The molecule has 2 aromatic heterocycles. The molecule has 0 aliphatic carbocycles. The summed E-state index contributed by atoms with van der Waals surface area (Å²) in [5, 5.41) is 2.28. The number of aromatic nitrogens is 2. The molecule has 0 amide bonds. The largest absolute Gasteiger partial charge is 0.281 e. The van der Waals surface area contributed by atoms with E-state index in [9.17, 15) is 4.79 Å². The first-order valence-electron chi connectivity index (χ1n) is 6.62. The van der Waals surface area contributed by atoms with Gasteiger partial charge < -0.3 is 0 Å². The molecule has 0 spiro atoms. The van der Waals surface area contributed by atoms with Gasteiger partial charge in [0.2, 0.25) is 0 Å². The smallest absolute Gasteiger partial charge is 0.267 e. The molecule has 0 atom stereocenters. The molecule has 21 heavy (non-hydrogen) atoms. The van der Waals surface area contributed by atoms with Crippen molar-refractivity contribution in [3.8, 4) is 0 Å². The highest BCUT2D eigenvalue weighted by atomic mass is 32.1. The average molecular weight is 301 g/mol. The molecule has 2 aromatic rings. The van der Waals surface area contributed by atoms with E-state index in [4.69, 9.17) is 0 Å². The fraction of sp³-hybridized carbons (Fsp3) is 0.250. The summed E-state index contributed by atoms with van der Waals surface area (Å²) >= 11 is 1.53. The Labute approximate surface area is 128 Å². The molecule has 0 fully saturated rings. The minimum absolute atomic E-state index is 0.114. The minimum Gasteiger partial charge on any atom is -0.267 e. The van der Waals surface area contributed by atoms with Crippen molar-refractivity contribution in [2.75, 3.05) is 5.01 Å². The summed E-state index contributed by atoms with van der Waals surface area (Å²) in [5.41, 5.74) is 2.45. The summed E-state index contributed by atoms with van der Waals surface area (Å²) in [6.07, 6.45) is 3.55. The summed E-state index contributed by atoms with van der Waals surface area (Å²) in [5.74, 6) is 0. The molecule has 2 heterocycles. The Bertz CT molecular complexity index is 797. The molecule has 4 nitrogen and oxygen atoms in total. The SMILES string of the molecule is C=C(C)N(C(=C)C)n1cnc2sc(/C(C)=C/C)cc2c1=O. The molecular weight excluding hydrogens is 282 g/mol. The van der Waals surface area contributed by atoms with Crippen molar-refractivity contribution in [2.24, 2.45) is 0 Å². The lowest BCUT2D eigenvalue weighted by molar-refractivity contribution is 0.696. The predicted molar refractivity (Wildman–Crippen MR) is 91.1 cm³/mol. The molecule has 0 N–H and O–H groups in total. The number of hydrogen-bond acceptors (Lipinski definition) is 4. The van der Waals surface area contributed by atoms with E-state index in [1.54, 1.807) is 5.01 Å². The number of fused-ring (bicyclic) bond motifs is 1. The van der Waals surface area contributed by atoms with Crippen LogP contribution in [0.25, 0.3) is 15.8 Å². The van der Waals surface area contributed by atoms with E-state index in [2.05, 4.69) is 18.1 Å². The van der Waals surface area contributed by atoms with Gasteiger partial charge in [-0.15, -0.1) is 11.3 Å². The average Bonchev–Trinajstić information content (AvgIpc) is 2.85. The molecule has 0 radical (unpaired) electrons. The van der Waals surface area contributed by atoms with Gasteiger partial charge >= 0.3 is 0 Å². The summed E-state index contributed by atoms with van der Waals surface area (Å²) in [6, 6.07) is 1.90. The van der Waals surface area contributed by atoms with Gasteiger partial charge in [0.15, 0.2) is 0 Å². The van der Waals surface area contributed by atoms with Crippen LogP contribution >= 0.6 is 11.3 Å². The van der Waals surface area contributed by atoms with Crippen LogP contribution in [0, 0.1) is 0 Å². The normalized spacial score (nSPS) is 11.7. The Morgan fingerprint density at radius 3 is 2.48 bits per heavy atom. The number of rotatable bonds is 4. The van der Waals surface area contributed by atoms with E-state index in [1.807, 2.05) is 39.8 Å². The second kappa shape index (κ2) is 5.69. The van der Waals surface area contributed by atoms with E-state index in [-0.39, 0.29) is 5.56 Å². The third kappa shape index (κ3) is 2.69. The zero-order valence-corrected chi connectivity index (χ0v) is 13.6. The van der Waals surface area contributed by atoms with Gasteiger partial charge in [0.25, 0.3) is 5.56 Å². The molecule has 0 saturated heterocycles. The highest BCUT2D eigenvalue weighted by molar-refractivity contribution is 7.19. The lowest BCUT2D eigenvalue weighted by Gasteiger charge is -2.25. The molecule has 5 heteroatoms. The lowest BCUT2D eigenvalue weighted by Crippen LogP contribution is -2.39. The fourth-order valence-electron chi connectivity index (χ4n) is 2.09. The summed E-state index contributed by atoms with van der Waals surface area (Å²) in [4.78, 5) is 18.9. The Morgan fingerprint density at radius 2 is 1.95 bits per heavy atom. The van der Waals surface area contributed by atoms with Crippen molar-refractivity contribution in [1.29, 1.82) is 0 Å². The van der Waals surface area contributed by atoms with Crippen LogP contribution in [0.2, 0.25) is 0 Å². The zero-order valence-electron chi connectivity index (χ0n) is 12.8. The van der Waals surface area contributed by atoms with E-state index < -0.39 is 0 Å². The first-order valence-corrected chi connectivity index (χ1v) is 7.44. The maximum atomic E-state index is 12.7. The van der Waals surface area contributed by atoms with Crippen LogP contribution in [0.4, 0.5) is 0 Å². The summed E-state index contributed by atoms with van der Waals surface area (Å²) in [6.45, 7) is 15.4. The van der Waals surface area contributed by atoms with Crippen LogP contribution < -0.4 is 10.6 Å². The van der Waals surface area contributed by atoms with Crippen LogP contribution in [0.5, 0.6) is 0 Å². The van der Waals surface area contributed by atoms with Crippen molar-refractivity contribution < 1.29 is 0 Å². The molecule has 2 rings (SSSR count). The van der Waals surface area contributed by atoms with Crippen LogP contribution in [-0.4, -0.2) is 9.66 Å². The van der Waals surface area contributed by atoms with Crippen molar-refractivity contribution >= 4 is 27.1 Å². The van der Waals surface area contributed by atoms with Crippen molar-refractivity contribution in [1.82, 2.24) is 9.66 Å². The number of hydrogen-bond donors (Lipinski definition) is 0. The van der Waals surface area contributed by atoms with Crippen LogP contribution in [0.3, 0.4) is 0 Å². The summed E-state index contributed by atoms with van der Waals surface area (Å²) in [7, 11) is 0. The number of allylic oxidation sites excluding steroid dienone is 4. The second-order valence-electron chi connectivity index (χ2n) is 4.98. The number of thiophene rings is 1. The Morgan fingerprint density at radius 1 is 1.33 bits per heavy atom. The maximum Gasteiger partial charge on any atom is 0.281 e. The van der Waals surface area contributed by atoms with E-state index in [1.165, 1.54) is 22.3 Å². The van der Waals surface area contributed by atoms with Gasteiger partial charge in [-0.05, 0) is 39.3 Å². The molecule has 0 unspecified atom stereocenters. The quantitative estimate of drug-likeness (QED) is 0.860. The van der Waals surface area contributed by atoms with Gasteiger partial charge in [-0.2, -0.15) is 0 Å². The molecule has 0 aliphatic heterocycles. The Hall–Kier alpha value is -2.14. The fourth-order valence-corrected chi connectivity index (χ4v) is 3.11. The van der Waals surface area contributed by atoms with Gasteiger partial charge in [-0.25, -0.2) is 9.66 Å². The molecule has 110 valence electrons. The second-order valence-corrected chi connectivity index (χ2v) is 6.01. The maximum absolute atomic E-state index is 12.7. The zero-order chi connectivity index (χ0) is 15.7. The highest BCUT2D eigenvalue weighted by Crippen LogP contribution is 2.27. The Kier molecular flexibility index (Phi) is 4.14. The first kappa shape index (κ1) is 15.3. The standard InChI is InChI=1S/C16H19N3OS/c1-7-12(6)14-8-13-15(21-14)17-9-18(16(13)20)19(10(2)3)11(4)5/h7-9H,2,4H2,1,3,5-6H3/b12-7+. The minimum atomic E-state index is -0.114. The van der Waals surface area contributed by atoms with Gasteiger partial charge in [0.05, 0.1) is 5.39 Å². The van der Waals surface area contributed by atoms with Gasteiger partial charge in [-0.3, -0.25) is 9.80 Å². The van der Waals surface area contributed by atoms with Crippen LogP contribution in [-0.2, 0) is 0 Å². The van der Waals surface area contributed by atoms with Crippen LogP contribution in [0.15, 0.2) is 47.8 Å². The van der Waals surface area contributed by atoms with Gasteiger partial charge in [0.1, 0.15) is 11.2 Å². The monoisotopic (exact) mass is 301 g/mol. The van der Waals surface area contributed by atoms with Crippen LogP contribution in [0.1, 0.15) is 32.6 Å². The van der Waals surface area contributed by atoms with Gasteiger partial charge in [-0.1, -0.05) is 19.2 Å². The molecule has 0 aromatic carbocycles. The van der Waals surface area contributed by atoms with E-state index in [0.717, 1.165) is 15.3 Å². The predicted octanol–water partition coefficient (Wildman–Crippen LogP) is 3.89. The third-order valence-corrected chi connectivity index (χ3v) is 4.37. The highest BCUT2D eigenvalue weighted by Gasteiger charge is 2.14. The molecule has 0 aliphatic rings. The lowest BCUT2D eigenvalue weighted by atomic mass is 10.2. The molecule has 0 saturated carbocycles.